The Kier molecular flexibility index (Phi) is 5.58. The zero-order valence-corrected chi connectivity index (χ0v) is 12.9. The van der Waals surface area contributed by atoms with Gasteiger partial charge in [0.05, 0.1) is 12.5 Å². The van der Waals surface area contributed by atoms with E-state index in [0.29, 0.717) is 13.2 Å². The Morgan fingerprint density at radius 1 is 1.04 bits per heavy atom. The number of nitriles is 3. The summed E-state index contributed by atoms with van der Waals surface area (Å²) >= 11 is 0. The van der Waals surface area contributed by atoms with Gasteiger partial charge in [-0.15, -0.1) is 0 Å². The van der Waals surface area contributed by atoms with E-state index in [0.717, 1.165) is 5.56 Å². The Hall–Kier alpha value is -3.01. The van der Waals surface area contributed by atoms with Crippen molar-refractivity contribution in [2.24, 2.45) is 0 Å². The van der Waals surface area contributed by atoms with Crippen LogP contribution in [-0.2, 0) is 4.74 Å². The molecule has 6 nitrogen and oxygen atoms in total. The quantitative estimate of drug-likeness (QED) is 0.802. The molecule has 0 saturated heterocycles. The van der Waals surface area contributed by atoms with Crippen molar-refractivity contribution in [3.8, 4) is 18.2 Å². The van der Waals surface area contributed by atoms with Crippen LogP contribution in [0.2, 0.25) is 0 Å². The molecule has 2 rings (SSSR count). The second-order valence-corrected chi connectivity index (χ2v) is 4.90. The number of ether oxygens (including phenoxy) is 1. The van der Waals surface area contributed by atoms with Crippen molar-refractivity contribution >= 4 is 0 Å². The minimum absolute atomic E-state index is 0.215. The number of benzene rings is 1. The number of hydrogen-bond donors (Lipinski definition) is 0. The van der Waals surface area contributed by atoms with Crippen LogP contribution in [0.5, 0.6) is 0 Å². The monoisotopic (exact) mass is 307 g/mol. The van der Waals surface area contributed by atoms with Crippen LogP contribution in [0.1, 0.15) is 25.1 Å². The van der Waals surface area contributed by atoms with E-state index in [1.807, 2.05) is 37.3 Å². The van der Waals surface area contributed by atoms with Crippen LogP contribution in [0.3, 0.4) is 0 Å². The highest BCUT2D eigenvalue weighted by Crippen LogP contribution is 2.38. The second-order valence-electron chi connectivity index (χ2n) is 4.90. The molecular formula is C17H17N5O. The van der Waals surface area contributed by atoms with E-state index >= 15 is 0 Å². The van der Waals surface area contributed by atoms with Gasteiger partial charge in [-0.3, -0.25) is 0 Å². The first-order valence-electron chi connectivity index (χ1n) is 7.35. The molecule has 0 amide bonds. The summed E-state index contributed by atoms with van der Waals surface area (Å²) in [5, 5.41) is 27.9. The van der Waals surface area contributed by atoms with Gasteiger partial charge in [-0.1, -0.05) is 30.3 Å². The fourth-order valence-electron chi connectivity index (χ4n) is 2.63. The lowest BCUT2D eigenvalue weighted by molar-refractivity contribution is 0.0111. The molecule has 1 aliphatic heterocycles. The van der Waals surface area contributed by atoms with Crippen molar-refractivity contribution in [2.75, 3.05) is 19.9 Å². The van der Waals surface area contributed by atoms with Crippen LogP contribution in [0.15, 0.2) is 41.7 Å². The van der Waals surface area contributed by atoms with Gasteiger partial charge in [0.15, 0.2) is 11.4 Å². The smallest absolute Gasteiger partial charge is 0.154 e. The molecule has 0 spiro atoms. The van der Waals surface area contributed by atoms with Crippen LogP contribution >= 0.6 is 0 Å². The molecule has 0 N–H and O–H groups in total. The van der Waals surface area contributed by atoms with Crippen molar-refractivity contribution in [1.82, 2.24) is 9.80 Å². The minimum atomic E-state index is -0.319. The first-order valence-corrected chi connectivity index (χ1v) is 7.35. The van der Waals surface area contributed by atoms with Crippen LogP contribution < -0.4 is 0 Å². The lowest BCUT2D eigenvalue weighted by Gasteiger charge is -2.33. The van der Waals surface area contributed by atoms with Gasteiger partial charge in [0.1, 0.15) is 25.0 Å². The number of allylic oxidation sites excluding steroid dienone is 2. The van der Waals surface area contributed by atoms with Crippen molar-refractivity contribution in [2.45, 2.75) is 19.5 Å². The molecule has 1 unspecified atom stereocenters. The zero-order valence-electron chi connectivity index (χ0n) is 12.9. The SMILES string of the molecule is CCOCN1C(C#N)=C(C#N)N(CCC#N)C1c1ccccc1. The van der Waals surface area contributed by atoms with Gasteiger partial charge in [-0.05, 0) is 12.5 Å². The standard InChI is InChI=1S/C17H17N5O/c1-2-23-13-22-16(12-20)15(11-19)21(10-6-9-18)17(22)14-7-4-3-5-8-14/h3-5,7-8,17H,2,6,10,13H2,1H3. The van der Waals surface area contributed by atoms with Crippen LogP contribution in [0.25, 0.3) is 0 Å². The molecule has 116 valence electrons. The summed E-state index contributed by atoms with van der Waals surface area (Å²) in [4.78, 5) is 3.57. The third kappa shape index (κ3) is 3.26. The van der Waals surface area contributed by atoms with Gasteiger partial charge < -0.3 is 14.5 Å². The summed E-state index contributed by atoms with van der Waals surface area (Å²) in [5.74, 6) is 0. The van der Waals surface area contributed by atoms with Crippen molar-refractivity contribution in [3.05, 3.63) is 47.3 Å². The summed E-state index contributed by atoms with van der Waals surface area (Å²) in [6, 6.07) is 15.9. The lowest BCUT2D eigenvalue weighted by atomic mass is 10.1. The zero-order chi connectivity index (χ0) is 16.7. The molecule has 0 saturated carbocycles. The summed E-state index contributed by atoms with van der Waals surface area (Å²) in [7, 11) is 0. The van der Waals surface area contributed by atoms with E-state index in [1.54, 1.807) is 9.80 Å². The van der Waals surface area contributed by atoms with Crippen LogP contribution in [-0.4, -0.2) is 29.7 Å². The highest BCUT2D eigenvalue weighted by Gasteiger charge is 2.39. The maximum absolute atomic E-state index is 9.50. The van der Waals surface area contributed by atoms with E-state index < -0.39 is 0 Å². The maximum Gasteiger partial charge on any atom is 0.154 e. The Bertz CT molecular complexity index is 692. The third-order valence-electron chi connectivity index (χ3n) is 3.60. The summed E-state index contributed by atoms with van der Waals surface area (Å²) in [5.41, 5.74) is 1.52. The average molecular weight is 307 g/mol. The summed E-state index contributed by atoms with van der Waals surface area (Å²) in [6.07, 6.45) is -0.0456. The summed E-state index contributed by atoms with van der Waals surface area (Å²) < 4.78 is 5.49. The molecule has 1 aromatic rings. The van der Waals surface area contributed by atoms with E-state index in [2.05, 4.69) is 18.2 Å². The fraction of sp³-hybridized carbons (Fsp3) is 0.353. The number of rotatable bonds is 6. The van der Waals surface area contributed by atoms with Gasteiger partial charge >= 0.3 is 0 Å². The highest BCUT2D eigenvalue weighted by atomic mass is 16.5. The largest absolute Gasteiger partial charge is 0.361 e. The van der Waals surface area contributed by atoms with Crippen molar-refractivity contribution < 1.29 is 4.74 Å². The molecular weight excluding hydrogens is 290 g/mol. The van der Waals surface area contributed by atoms with Gasteiger partial charge in [0.25, 0.3) is 0 Å². The molecule has 0 aliphatic carbocycles. The number of hydrogen-bond acceptors (Lipinski definition) is 6. The lowest BCUT2D eigenvalue weighted by Crippen LogP contribution is -2.34. The average Bonchev–Trinajstić information content (AvgIpc) is 2.90. The molecule has 1 aliphatic rings. The molecule has 0 aromatic heterocycles. The second kappa shape index (κ2) is 7.84. The van der Waals surface area contributed by atoms with Crippen LogP contribution in [0, 0.1) is 34.0 Å². The van der Waals surface area contributed by atoms with E-state index in [-0.39, 0.29) is 30.7 Å². The molecule has 1 heterocycles. The topological polar surface area (TPSA) is 87.1 Å². The molecule has 0 fully saturated rings. The molecule has 6 heteroatoms. The fourth-order valence-corrected chi connectivity index (χ4v) is 2.63. The molecule has 1 atom stereocenters. The third-order valence-corrected chi connectivity index (χ3v) is 3.60. The molecule has 0 radical (unpaired) electrons. The van der Waals surface area contributed by atoms with E-state index in [1.165, 1.54) is 0 Å². The van der Waals surface area contributed by atoms with Crippen LogP contribution in [0.4, 0.5) is 0 Å². The minimum Gasteiger partial charge on any atom is -0.361 e. The Labute approximate surface area is 136 Å². The van der Waals surface area contributed by atoms with Crippen molar-refractivity contribution in [1.29, 1.82) is 15.8 Å². The first kappa shape index (κ1) is 16.4. The Morgan fingerprint density at radius 2 is 1.70 bits per heavy atom. The Morgan fingerprint density at radius 3 is 2.26 bits per heavy atom. The predicted octanol–water partition coefficient (Wildman–Crippen LogP) is 2.47. The first-order chi connectivity index (χ1) is 11.3. The highest BCUT2D eigenvalue weighted by molar-refractivity contribution is 5.41. The Balaban J connectivity index is 2.47. The predicted molar refractivity (Wildman–Crippen MR) is 82.7 cm³/mol. The maximum atomic E-state index is 9.50. The van der Waals surface area contributed by atoms with Crippen molar-refractivity contribution in [3.63, 3.8) is 0 Å². The number of nitrogens with zero attached hydrogens (tertiary/aromatic N) is 5. The molecule has 0 bridgehead atoms. The normalized spacial score (nSPS) is 16.9. The van der Waals surface area contributed by atoms with E-state index in [4.69, 9.17) is 10.00 Å². The van der Waals surface area contributed by atoms with Gasteiger partial charge in [-0.2, -0.15) is 15.8 Å². The van der Waals surface area contributed by atoms with Gasteiger partial charge in [-0.25, -0.2) is 0 Å². The molecule has 1 aromatic carbocycles. The molecule has 23 heavy (non-hydrogen) atoms. The van der Waals surface area contributed by atoms with Gasteiger partial charge in [0, 0.05) is 13.2 Å². The summed E-state index contributed by atoms with van der Waals surface area (Å²) in [6.45, 7) is 2.98. The van der Waals surface area contributed by atoms with E-state index in [9.17, 15) is 10.5 Å². The van der Waals surface area contributed by atoms with Gasteiger partial charge in [0.2, 0.25) is 0 Å².